The zero-order valence-electron chi connectivity index (χ0n) is 19.6. The smallest absolute Gasteiger partial charge is 0.222 e. The SMILES string of the molecule is CCC(=O)N1C/C(=C\c2ccc(OC)c(OC)c2)C(=O)/C(=C/c2ccc(OC)c(OC)c2)C1. The summed E-state index contributed by atoms with van der Waals surface area (Å²) in [6, 6.07) is 10.9. The summed E-state index contributed by atoms with van der Waals surface area (Å²) < 4.78 is 21.3. The number of piperidine rings is 1. The van der Waals surface area contributed by atoms with Crippen molar-refractivity contribution in [3.63, 3.8) is 0 Å². The van der Waals surface area contributed by atoms with Gasteiger partial charge in [-0.1, -0.05) is 19.1 Å². The van der Waals surface area contributed by atoms with Crippen LogP contribution in [0.1, 0.15) is 24.5 Å². The van der Waals surface area contributed by atoms with Crippen LogP contribution in [0, 0.1) is 0 Å². The molecule has 2 aromatic rings. The molecule has 1 aliphatic heterocycles. The molecule has 1 heterocycles. The monoisotopic (exact) mass is 451 g/mol. The van der Waals surface area contributed by atoms with Gasteiger partial charge in [-0.2, -0.15) is 0 Å². The number of amides is 1. The number of likely N-dealkylation sites (tertiary alicyclic amines) is 1. The van der Waals surface area contributed by atoms with Crippen LogP contribution in [-0.2, 0) is 9.59 Å². The van der Waals surface area contributed by atoms with Crippen molar-refractivity contribution in [3.8, 4) is 23.0 Å². The lowest BCUT2D eigenvalue weighted by atomic mass is 9.94. The molecule has 0 saturated carbocycles. The average Bonchev–Trinajstić information content (AvgIpc) is 2.85. The summed E-state index contributed by atoms with van der Waals surface area (Å²) in [5.41, 5.74) is 2.63. The summed E-state index contributed by atoms with van der Waals surface area (Å²) in [6.45, 7) is 2.32. The number of ketones is 1. The summed E-state index contributed by atoms with van der Waals surface area (Å²) >= 11 is 0. The van der Waals surface area contributed by atoms with E-state index >= 15 is 0 Å². The van der Waals surface area contributed by atoms with Crippen LogP contribution < -0.4 is 18.9 Å². The van der Waals surface area contributed by atoms with Gasteiger partial charge in [0.25, 0.3) is 0 Å². The quantitative estimate of drug-likeness (QED) is 0.593. The van der Waals surface area contributed by atoms with Crippen LogP contribution in [0.5, 0.6) is 23.0 Å². The van der Waals surface area contributed by atoms with Crippen molar-refractivity contribution < 1.29 is 28.5 Å². The van der Waals surface area contributed by atoms with Gasteiger partial charge in [-0.25, -0.2) is 0 Å². The number of rotatable bonds is 7. The Balaban J connectivity index is 2.02. The van der Waals surface area contributed by atoms with Crippen LogP contribution >= 0.6 is 0 Å². The van der Waals surface area contributed by atoms with Crippen molar-refractivity contribution in [3.05, 3.63) is 58.7 Å². The van der Waals surface area contributed by atoms with E-state index < -0.39 is 0 Å². The Hall–Kier alpha value is -3.74. The molecule has 7 nitrogen and oxygen atoms in total. The minimum Gasteiger partial charge on any atom is -0.493 e. The fraction of sp³-hybridized carbons (Fsp3) is 0.308. The van der Waals surface area contributed by atoms with Crippen molar-refractivity contribution in [2.45, 2.75) is 13.3 Å². The molecule has 1 aliphatic rings. The van der Waals surface area contributed by atoms with Crippen molar-refractivity contribution in [2.75, 3.05) is 41.5 Å². The highest BCUT2D eigenvalue weighted by atomic mass is 16.5. The van der Waals surface area contributed by atoms with E-state index in [9.17, 15) is 9.59 Å². The molecule has 174 valence electrons. The number of hydrogen-bond acceptors (Lipinski definition) is 6. The maximum atomic E-state index is 13.4. The van der Waals surface area contributed by atoms with Gasteiger partial charge in [0.2, 0.25) is 5.91 Å². The minimum absolute atomic E-state index is 0.0149. The Labute approximate surface area is 194 Å². The Morgan fingerprint density at radius 3 is 1.58 bits per heavy atom. The summed E-state index contributed by atoms with van der Waals surface area (Å²) in [4.78, 5) is 27.6. The lowest BCUT2D eigenvalue weighted by Gasteiger charge is -2.30. The van der Waals surface area contributed by atoms with E-state index in [1.54, 1.807) is 69.8 Å². The number of hydrogen-bond donors (Lipinski definition) is 0. The van der Waals surface area contributed by atoms with Crippen LogP contribution in [0.2, 0.25) is 0 Å². The van der Waals surface area contributed by atoms with E-state index in [1.807, 2.05) is 19.1 Å². The number of carbonyl (C=O) groups is 2. The number of carbonyl (C=O) groups excluding carboxylic acids is 2. The van der Waals surface area contributed by atoms with Gasteiger partial charge in [-0.15, -0.1) is 0 Å². The van der Waals surface area contributed by atoms with Crippen LogP contribution in [0.15, 0.2) is 47.5 Å². The Kier molecular flexibility index (Phi) is 7.77. The largest absolute Gasteiger partial charge is 0.493 e. The summed E-state index contributed by atoms with van der Waals surface area (Å²) in [7, 11) is 6.26. The summed E-state index contributed by atoms with van der Waals surface area (Å²) in [5, 5.41) is 0. The third kappa shape index (κ3) is 5.37. The third-order valence-electron chi connectivity index (χ3n) is 5.46. The number of methoxy groups -OCH3 is 4. The van der Waals surface area contributed by atoms with Gasteiger partial charge in [-0.3, -0.25) is 9.59 Å². The minimum atomic E-state index is -0.0975. The molecule has 3 rings (SSSR count). The maximum absolute atomic E-state index is 13.4. The first-order valence-corrected chi connectivity index (χ1v) is 10.6. The molecule has 1 saturated heterocycles. The molecular weight excluding hydrogens is 422 g/mol. The molecular formula is C26H29NO6. The highest BCUT2D eigenvalue weighted by molar-refractivity contribution is 6.15. The molecule has 0 unspecified atom stereocenters. The molecule has 7 heteroatoms. The maximum Gasteiger partial charge on any atom is 0.222 e. The predicted octanol–water partition coefficient (Wildman–Crippen LogP) is 4.01. The van der Waals surface area contributed by atoms with Gasteiger partial charge in [0.1, 0.15) is 0 Å². The zero-order chi connectivity index (χ0) is 24.0. The third-order valence-corrected chi connectivity index (χ3v) is 5.46. The van der Waals surface area contributed by atoms with Crippen molar-refractivity contribution >= 4 is 23.8 Å². The van der Waals surface area contributed by atoms with E-state index in [-0.39, 0.29) is 24.8 Å². The molecule has 0 N–H and O–H groups in total. The molecule has 0 bridgehead atoms. The van der Waals surface area contributed by atoms with Crippen LogP contribution in [0.4, 0.5) is 0 Å². The topological polar surface area (TPSA) is 74.3 Å². The van der Waals surface area contributed by atoms with Crippen LogP contribution in [-0.4, -0.2) is 58.1 Å². The molecule has 0 aliphatic carbocycles. The van der Waals surface area contributed by atoms with E-state index in [0.717, 1.165) is 11.1 Å². The van der Waals surface area contributed by atoms with E-state index in [4.69, 9.17) is 18.9 Å². The second-order valence-electron chi connectivity index (χ2n) is 7.50. The second-order valence-corrected chi connectivity index (χ2v) is 7.50. The highest BCUT2D eigenvalue weighted by Gasteiger charge is 2.28. The molecule has 0 radical (unpaired) electrons. The van der Waals surface area contributed by atoms with E-state index in [2.05, 4.69) is 0 Å². The predicted molar refractivity (Wildman–Crippen MR) is 127 cm³/mol. The van der Waals surface area contributed by atoms with Crippen LogP contribution in [0.3, 0.4) is 0 Å². The first-order chi connectivity index (χ1) is 15.9. The molecule has 0 aromatic heterocycles. The number of ether oxygens (including phenoxy) is 4. The van der Waals surface area contributed by atoms with E-state index in [0.29, 0.717) is 40.6 Å². The van der Waals surface area contributed by atoms with E-state index in [1.165, 1.54) is 0 Å². The molecule has 2 aromatic carbocycles. The van der Waals surface area contributed by atoms with Crippen molar-refractivity contribution in [1.82, 2.24) is 4.90 Å². The Morgan fingerprint density at radius 1 is 0.788 bits per heavy atom. The Morgan fingerprint density at radius 2 is 1.21 bits per heavy atom. The number of nitrogens with zero attached hydrogens (tertiary/aromatic N) is 1. The highest BCUT2D eigenvalue weighted by Crippen LogP contribution is 2.31. The first-order valence-electron chi connectivity index (χ1n) is 10.6. The normalized spacial score (nSPS) is 16.2. The summed E-state index contributed by atoms with van der Waals surface area (Å²) in [5.74, 6) is 2.23. The zero-order valence-corrected chi connectivity index (χ0v) is 19.6. The average molecular weight is 452 g/mol. The lowest BCUT2D eigenvalue weighted by molar-refractivity contribution is -0.131. The number of Topliss-reactive ketones (excluding diaryl/α,β-unsaturated/α-hetero) is 1. The fourth-order valence-electron chi connectivity index (χ4n) is 3.73. The van der Waals surface area contributed by atoms with Crippen LogP contribution in [0.25, 0.3) is 12.2 Å². The van der Waals surface area contributed by atoms with Gasteiger partial charge in [-0.05, 0) is 47.5 Å². The molecule has 1 fully saturated rings. The van der Waals surface area contributed by atoms with Gasteiger partial charge >= 0.3 is 0 Å². The molecule has 1 amide bonds. The number of benzene rings is 2. The van der Waals surface area contributed by atoms with Gasteiger partial charge in [0.05, 0.1) is 28.4 Å². The van der Waals surface area contributed by atoms with Gasteiger partial charge in [0, 0.05) is 30.7 Å². The first kappa shape index (κ1) is 23.9. The van der Waals surface area contributed by atoms with Crippen molar-refractivity contribution in [1.29, 1.82) is 0 Å². The van der Waals surface area contributed by atoms with Gasteiger partial charge < -0.3 is 23.8 Å². The van der Waals surface area contributed by atoms with Gasteiger partial charge in [0.15, 0.2) is 28.8 Å². The fourth-order valence-corrected chi connectivity index (χ4v) is 3.73. The molecule has 0 atom stereocenters. The standard InChI is InChI=1S/C26H29NO6/c1-6-25(28)27-15-19(11-17-7-9-21(30-2)23(13-17)32-4)26(29)20(16-27)12-18-8-10-22(31-3)24(14-18)33-5/h7-14H,6,15-16H2,1-5H3/b19-11+,20-12+. The molecule has 0 spiro atoms. The lowest BCUT2D eigenvalue weighted by Crippen LogP contribution is -2.41. The summed E-state index contributed by atoms with van der Waals surface area (Å²) in [6.07, 6.45) is 3.95. The second kappa shape index (κ2) is 10.7. The van der Waals surface area contributed by atoms with Crippen molar-refractivity contribution in [2.24, 2.45) is 0 Å². The molecule has 33 heavy (non-hydrogen) atoms. The Bertz CT molecular complexity index is 1020.